The summed E-state index contributed by atoms with van der Waals surface area (Å²) in [5.74, 6) is -1.44. The van der Waals surface area contributed by atoms with Gasteiger partial charge in [-0.05, 0) is 43.3 Å². The molecule has 0 aliphatic carbocycles. The van der Waals surface area contributed by atoms with E-state index in [0.29, 0.717) is 24.5 Å². The van der Waals surface area contributed by atoms with Gasteiger partial charge in [-0.1, -0.05) is 36.2 Å². The number of hydrogen-bond acceptors (Lipinski definition) is 5. The van der Waals surface area contributed by atoms with E-state index in [0.717, 1.165) is 5.56 Å². The smallest absolute Gasteiger partial charge is 0.261 e. The molecule has 0 aromatic heterocycles. The number of aryl methyl sites for hydroxylation is 1. The van der Waals surface area contributed by atoms with Crippen molar-refractivity contribution >= 4 is 39.2 Å². The third kappa shape index (κ3) is 5.72. The van der Waals surface area contributed by atoms with Gasteiger partial charge in [-0.3, -0.25) is 14.4 Å². The molecule has 1 atom stereocenters. The number of halogens is 1. The number of nitrogens with zero attached hydrogens (tertiary/aromatic N) is 2. The van der Waals surface area contributed by atoms with Crippen molar-refractivity contribution in [3.63, 3.8) is 0 Å². The van der Waals surface area contributed by atoms with Crippen molar-refractivity contribution in [1.29, 1.82) is 0 Å². The van der Waals surface area contributed by atoms with E-state index in [9.17, 15) is 22.8 Å². The number of piperazine rings is 1. The third-order valence-electron chi connectivity index (χ3n) is 5.47. The second-order valence-electron chi connectivity index (χ2n) is 7.78. The van der Waals surface area contributed by atoms with E-state index >= 15 is 0 Å². The quantitative estimate of drug-likeness (QED) is 0.667. The van der Waals surface area contributed by atoms with Gasteiger partial charge in [0.1, 0.15) is 0 Å². The Bertz CT molecular complexity index is 1140. The summed E-state index contributed by atoms with van der Waals surface area (Å²) in [6.07, 6.45) is 0.355. The highest BCUT2D eigenvalue weighted by molar-refractivity contribution is 7.92. The van der Waals surface area contributed by atoms with Crippen molar-refractivity contribution in [2.45, 2.75) is 30.5 Å². The van der Waals surface area contributed by atoms with Crippen LogP contribution in [-0.4, -0.2) is 67.5 Å². The van der Waals surface area contributed by atoms with E-state index in [2.05, 4.69) is 5.32 Å². The average molecular weight is 492 g/mol. The number of amides is 3. The van der Waals surface area contributed by atoms with Gasteiger partial charge in [-0.15, -0.1) is 0 Å². The van der Waals surface area contributed by atoms with Gasteiger partial charge in [-0.25, -0.2) is 8.42 Å². The number of benzene rings is 2. The lowest BCUT2D eigenvalue weighted by Gasteiger charge is -2.36. The zero-order valence-electron chi connectivity index (χ0n) is 18.5. The minimum absolute atomic E-state index is 0.0276. The SMILES string of the molecule is CCC(=O)N1CCN(C(=O)[C@@H](NC(=O)c2cccc(C)c2)S(=O)(=O)c2ccc(Cl)cc2)CC1. The Morgan fingerprint density at radius 1 is 1.00 bits per heavy atom. The zero-order chi connectivity index (χ0) is 24.2. The van der Waals surface area contributed by atoms with Crippen LogP contribution in [0.4, 0.5) is 0 Å². The number of carbonyl (C=O) groups is 3. The molecule has 1 aliphatic rings. The van der Waals surface area contributed by atoms with Crippen molar-refractivity contribution in [3.05, 3.63) is 64.7 Å². The van der Waals surface area contributed by atoms with E-state index < -0.39 is 27.0 Å². The molecule has 3 rings (SSSR count). The topological polar surface area (TPSA) is 104 Å². The first-order valence-electron chi connectivity index (χ1n) is 10.6. The molecule has 1 fully saturated rings. The van der Waals surface area contributed by atoms with Crippen LogP contribution in [0, 0.1) is 6.92 Å². The van der Waals surface area contributed by atoms with E-state index in [1.165, 1.54) is 29.2 Å². The second-order valence-corrected chi connectivity index (χ2v) is 10.3. The fraction of sp³-hybridized carbons (Fsp3) is 0.348. The highest BCUT2D eigenvalue weighted by Crippen LogP contribution is 2.20. The minimum atomic E-state index is -4.28. The van der Waals surface area contributed by atoms with E-state index in [1.54, 1.807) is 43.0 Å². The maximum atomic E-state index is 13.4. The van der Waals surface area contributed by atoms with Crippen LogP contribution in [0.1, 0.15) is 29.3 Å². The molecule has 2 aromatic carbocycles. The summed E-state index contributed by atoms with van der Waals surface area (Å²) in [5, 5.41) is 0.950. The summed E-state index contributed by atoms with van der Waals surface area (Å²) in [6.45, 7) is 4.53. The predicted molar refractivity (Wildman–Crippen MR) is 125 cm³/mol. The van der Waals surface area contributed by atoms with Crippen molar-refractivity contribution in [2.24, 2.45) is 0 Å². The normalized spacial score (nSPS) is 15.1. The van der Waals surface area contributed by atoms with Crippen molar-refractivity contribution < 1.29 is 22.8 Å². The standard InChI is InChI=1S/C23H26ClN3O5S/c1-3-20(28)26-11-13-27(14-12-26)23(30)22(25-21(29)17-6-4-5-16(2)15-17)33(31,32)19-9-7-18(24)8-10-19/h4-10,15,22H,3,11-14H2,1-2H3,(H,25,29)/t22-/m0/s1. The number of sulfone groups is 1. The predicted octanol–water partition coefficient (Wildman–Crippen LogP) is 2.26. The Morgan fingerprint density at radius 3 is 2.18 bits per heavy atom. The minimum Gasteiger partial charge on any atom is -0.339 e. The van der Waals surface area contributed by atoms with E-state index in [4.69, 9.17) is 11.6 Å². The Labute approximate surface area is 198 Å². The Morgan fingerprint density at radius 2 is 1.61 bits per heavy atom. The molecule has 0 spiro atoms. The summed E-state index contributed by atoms with van der Waals surface area (Å²) in [7, 11) is -4.28. The molecule has 1 aliphatic heterocycles. The fourth-order valence-electron chi connectivity index (χ4n) is 3.59. The van der Waals surface area contributed by atoms with E-state index in [-0.39, 0.29) is 29.5 Å². The molecule has 2 aromatic rings. The lowest BCUT2D eigenvalue weighted by molar-refractivity contribution is -0.139. The lowest BCUT2D eigenvalue weighted by Crippen LogP contribution is -2.57. The summed E-state index contributed by atoms with van der Waals surface area (Å²) in [4.78, 5) is 41.1. The highest BCUT2D eigenvalue weighted by atomic mass is 35.5. The first kappa shape index (κ1) is 24.7. The first-order valence-corrected chi connectivity index (χ1v) is 12.5. The molecule has 33 heavy (non-hydrogen) atoms. The Balaban J connectivity index is 1.89. The molecule has 3 amide bonds. The second kappa shape index (κ2) is 10.4. The summed E-state index contributed by atoms with van der Waals surface area (Å²) in [5.41, 5.74) is 1.07. The number of nitrogens with one attached hydrogen (secondary N) is 1. The molecule has 10 heteroatoms. The first-order chi connectivity index (χ1) is 15.6. The third-order valence-corrected chi connectivity index (χ3v) is 7.59. The number of carbonyl (C=O) groups excluding carboxylic acids is 3. The van der Waals surface area contributed by atoms with Crippen LogP contribution in [0.25, 0.3) is 0 Å². The van der Waals surface area contributed by atoms with Gasteiger partial charge in [0.15, 0.2) is 0 Å². The van der Waals surface area contributed by atoms with Crippen LogP contribution < -0.4 is 5.32 Å². The largest absolute Gasteiger partial charge is 0.339 e. The van der Waals surface area contributed by atoms with Gasteiger partial charge in [0.2, 0.25) is 21.1 Å². The van der Waals surface area contributed by atoms with Crippen molar-refractivity contribution in [3.8, 4) is 0 Å². The van der Waals surface area contributed by atoms with Crippen LogP contribution in [0.5, 0.6) is 0 Å². The molecule has 8 nitrogen and oxygen atoms in total. The maximum Gasteiger partial charge on any atom is 0.261 e. The molecular formula is C23H26ClN3O5S. The molecule has 176 valence electrons. The van der Waals surface area contributed by atoms with Crippen LogP contribution in [-0.2, 0) is 19.4 Å². The van der Waals surface area contributed by atoms with Gasteiger partial charge >= 0.3 is 0 Å². The van der Waals surface area contributed by atoms with Gasteiger partial charge in [0, 0.05) is 43.2 Å². The Kier molecular flexibility index (Phi) is 7.76. The molecule has 0 saturated carbocycles. The zero-order valence-corrected chi connectivity index (χ0v) is 20.0. The number of hydrogen-bond donors (Lipinski definition) is 1. The Hall–Kier alpha value is -2.91. The monoisotopic (exact) mass is 491 g/mol. The van der Waals surface area contributed by atoms with Gasteiger partial charge < -0.3 is 15.1 Å². The number of rotatable bonds is 6. The van der Waals surface area contributed by atoms with Crippen molar-refractivity contribution in [2.75, 3.05) is 26.2 Å². The van der Waals surface area contributed by atoms with Crippen LogP contribution >= 0.6 is 11.6 Å². The summed E-state index contributed by atoms with van der Waals surface area (Å²) >= 11 is 5.88. The highest BCUT2D eigenvalue weighted by Gasteiger charge is 2.39. The molecule has 1 heterocycles. The molecule has 0 radical (unpaired) electrons. The van der Waals surface area contributed by atoms with Crippen LogP contribution in [0.15, 0.2) is 53.4 Å². The van der Waals surface area contributed by atoms with E-state index in [1.807, 2.05) is 0 Å². The van der Waals surface area contributed by atoms with Gasteiger partial charge in [0.05, 0.1) is 4.90 Å². The van der Waals surface area contributed by atoms with Crippen LogP contribution in [0.2, 0.25) is 5.02 Å². The van der Waals surface area contributed by atoms with Crippen molar-refractivity contribution in [1.82, 2.24) is 15.1 Å². The molecule has 0 bridgehead atoms. The molecular weight excluding hydrogens is 466 g/mol. The summed E-state index contributed by atoms with van der Waals surface area (Å²) in [6, 6.07) is 12.1. The molecule has 1 N–H and O–H groups in total. The van der Waals surface area contributed by atoms with Gasteiger partial charge in [-0.2, -0.15) is 0 Å². The fourth-order valence-corrected chi connectivity index (χ4v) is 5.18. The molecule has 0 unspecified atom stereocenters. The molecule has 1 saturated heterocycles. The lowest BCUT2D eigenvalue weighted by atomic mass is 10.1. The van der Waals surface area contributed by atoms with Crippen LogP contribution in [0.3, 0.4) is 0 Å². The maximum absolute atomic E-state index is 13.4. The van der Waals surface area contributed by atoms with Gasteiger partial charge in [0.25, 0.3) is 11.8 Å². The average Bonchev–Trinajstić information content (AvgIpc) is 2.81. The summed E-state index contributed by atoms with van der Waals surface area (Å²) < 4.78 is 26.8.